The van der Waals surface area contributed by atoms with Gasteiger partial charge in [0.2, 0.25) is 5.91 Å². The van der Waals surface area contributed by atoms with Crippen molar-refractivity contribution in [3.8, 4) is 11.4 Å². The molecule has 0 bridgehead atoms. The maximum Gasteiger partial charge on any atom is 0.223 e. The van der Waals surface area contributed by atoms with Gasteiger partial charge in [-0.1, -0.05) is 55.8 Å². The molecule has 0 aliphatic carbocycles. The molecule has 0 atom stereocenters. The van der Waals surface area contributed by atoms with Crippen molar-refractivity contribution in [2.45, 2.75) is 40.2 Å². The zero-order chi connectivity index (χ0) is 18.5. The third-order valence-electron chi connectivity index (χ3n) is 4.96. The number of carbonyl (C=O) groups is 1. The van der Waals surface area contributed by atoms with Crippen molar-refractivity contribution >= 4 is 16.9 Å². The van der Waals surface area contributed by atoms with Crippen LogP contribution in [-0.4, -0.2) is 22.0 Å². The molecular weight excluding hydrogens is 322 g/mol. The zero-order valence-electron chi connectivity index (χ0n) is 15.8. The smallest absolute Gasteiger partial charge is 0.223 e. The number of hydrogen-bond donors (Lipinski definition) is 1. The second kappa shape index (κ2) is 8.17. The normalized spacial score (nSPS) is 11.2. The van der Waals surface area contributed by atoms with Crippen molar-refractivity contribution in [2.24, 2.45) is 5.92 Å². The highest BCUT2D eigenvalue weighted by Crippen LogP contribution is 2.25. The summed E-state index contributed by atoms with van der Waals surface area (Å²) in [5, 5.41) is 3.09. The van der Waals surface area contributed by atoms with E-state index in [1.807, 2.05) is 18.2 Å². The van der Waals surface area contributed by atoms with Crippen LogP contribution in [0.2, 0.25) is 0 Å². The van der Waals surface area contributed by atoms with Crippen LogP contribution in [0.15, 0.2) is 48.5 Å². The Balaban J connectivity index is 1.85. The average Bonchev–Trinajstić information content (AvgIpc) is 3.02. The summed E-state index contributed by atoms with van der Waals surface area (Å²) in [6.07, 6.45) is 1.76. The van der Waals surface area contributed by atoms with Crippen molar-refractivity contribution < 1.29 is 4.79 Å². The van der Waals surface area contributed by atoms with E-state index in [1.165, 1.54) is 5.56 Å². The number of fused-ring (bicyclic) bond motifs is 1. The Labute approximate surface area is 155 Å². The van der Waals surface area contributed by atoms with Crippen molar-refractivity contribution in [3.63, 3.8) is 0 Å². The van der Waals surface area contributed by atoms with Gasteiger partial charge < -0.3 is 9.88 Å². The number of hydrogen-bond acceptors (Lipinski definition) is 2. The topological polar surface area (TPSA) is 46.9 Å². The predicted molar refractivity (Wildman–Crippen MR) is 107 cm³/mol. The van der Waals surface area contributed by atoms with Gasteiger partial charge in [0.05, 0.1) is 11.0 Å². The molecule has 3 rings (SSSR count). The van der Waals surface area contributed by atoms with E-state index in [9.17, 15) is 4.79 Å². The summed E-state index contributed by atoms with van der Waals surface area (Å²) in [5.74, 6) is 1.20. The average molecular weight is 349 g/mol. The van der Waals surface area contributed by atoms with E-state index in [0.717, 1.165) is 35.3 Å². The van der Waals surface area contributed by atoms with Crippen molar-refractivity contribution in [2.75, 3.05) is 6.54 Å². The molecule has 26 heavy (non-hydrogen) atoms. The van der Waals surface area contributed by atoms with Gasteiger partial charge in [0.25, 0.3) is 0 Å². The molecule has 0 saturated heterocycles. The van der Waals surface area contributed by atoms with Crippen molar-refractivity contribution in [3.05, 3.63) is 54.1 Å². The van der Waals surface area contributed by atoms with E-state index in [4.69, 9.17) is 4.98 Å². The van der Waals surface area contributed by atoms with Crippen LogP contribution in [0.5, 0.6) is 0 Å². The third-order valence-corrected chi connectivity index (χ3v) is 4.96. The molecule has 0 spiro atoms. The number of nitrogens with zero attached hydrogens (tertiary/aromatic N) is 2. The highest BCUT2D eigenvalue weighted by atomic mass is 16.1. The SMILES string of the molecule is CCC(CC)C(=O)NCCn1c(-c2ccc(C)cc2)nc2ccccc21. The molecule has 0 fully saturated rings. The Morgan fingerprint density at radius 1 is 1.08 bits per heavy atom. The highest BCUT2D eigenvalue weighted by Gasteiger charge is 2.15. The lowest BCUT2D eigenvalue weighted by molar-refractivity contribution is -0.125. The Morgan fingerprint density at radius 2 is 1.77 bits per heavy atom. The van der Waals surface area contributed by atoms with E-state index in [0.29, 0.717) is 13.1 Å². The van der Waals surface area contributed by atoms with Crippen LogP contribution < -0.4 is 5.32 Å². The molecule has 0 radical (unpaired) electrons. The van der Waals surface area contributed by atoms with Gasteiger partial charge in [0.15, 0.2) is 0 Å². The zero-order valence-corrected chi connectivity index (χ0v) is 15.8. The monoisotopic (exact) mass is 349 g/mol. The molecule has 136 valence electrons. The number of benzene rings is 2. The van der Waals surface area contributed by atoms with Gasteiger partial charge in [0, 0.05) is 24.6 Å². The number of amides is 1. The van der Waals surface area contributed by atoms with Gasteiger partial charge in [-0.25, -0.2) is 4.98 Å². The van der Waals surface area contributed by atoms with Gasteiger partial charge in [-0.15, -0.1) is 0 Å². The number of imidazole rings is 1. The molecular formula is C22H27N3O. The van der Waals surface area contributed by atoms with E-state index in [2.05, 4.69) is 61.0 Å². The molecule has 0 unspecified atom stereocenters. The minimum absolute atomic E-state index is 0.103. The van der Waals surface area contributed by atoms with Crippen LogP contribution in [0.3, 0.4) is 0 Å². The van der Waals surface area contributed by atoms with Gasteiger partial charge in [-0.2, -0.15) is 0 Å². The maximum atomic E-state index is 12.3. The number of nitrogens with one attached hydrogen (secondary N) is 1. The van der Waals surface area contributed by atoms with Crippen LogP contribution in [0.1, 0.15) is 32.3 Å². The fraction of sp³-hybridized carbons (Fsp3) is 0.364. The lowest BCUT2D eigenvalue weighted by Gasteiger charge is -2.14. The standard InChI is InChI=1S/C22H27N3O/c1-4-17(5-2)22(26)23-14-15-25-20-9-7-6-8-19(20)24-21(25)18-12-10-16(3)11-13-18/h6-13,17H,4-5,14-15H2,1-3H3,(H,23,26). The number of rotatable bonds is 7. The number of aryl methyl sites for hydroxylation is 1. The number of aromatic nitrogens is 2. The molecule has 3 aromatic rings. The Kier molecular flexibility index (Phi) is 5.71. The summed E-state index contributed by atoms with van der Waals surface area (Å²) in [6, 6.07) is 16.6. The molecule has 1 amide bonds. The van der Waals surface area contributed by atoms with Gasteiger partial charge in [0.1, 0.15) is 5.82 Å². The number of para-hydroxylation sites is 2. The van der Waals surface area contributed by atoms with Crippen LogP contribution >= 0.6 is 0 Å². The summed E-state index contributed by atoms with van der Waals surface area (Å²) in [5.41, 5.74) is 4.40. The Bertz CT molecular complexity index is 876. The summed E-state index contributed by atoms with van der Waals surface area (Å²) in [7, 11) is 0. The largest absolute Gasteiger partial charge is 0.354 e. The molecule has 0 aliphatic rings. The lowest BCUT2D eigenvalue weighted by atomic mass is 10.0. The first kappa shape index (κ1) is 18.2. The van der Waals surface area contributed by atoms with Gasteiger partial charge >= 0.3 is 0 Å². The quantitative estimate of drug-likeness (QED) is 0.679. The molecule has 0 saturated carbocycles. The highest BCUT2D eigenvalue weighted by molar-refractivity contribution is 5.81. The first-order valence-corrected chi connectivity index (χ1v) is 9.44. The van der Waals surface area contributed by atoms with Crippen molar-refractivity contribution in [1.29, 1.82) is 0 Å². The maximum absolute atomic E-state index is 12.3. The first-order valence-electron chi connectivity index (χ1n) is 9.44. The Morgan fingerprint density at radius 3 is 2.46 bits per heavy atom. The summed E-state index contributed by atoms with van der Waals surface area (Å²) in [6.45, 7) is 7.52. The van der Waals surface area contributed by atoms with Crippen LogP contribution in [0.4, 0.5) is 0 Å². The van der Waals surface area contributed by atoms with E-state index < -0.39 is 0 Å². The van der Waals surface area contributed by atoms with E-state index in [-0.39, 0.29) is 11.8 Å². The summed E-state index contributed by atoms with van der Waals surface area (Å²) >= 11 is 0. The van der Waals surface area contributed by atoms with Crippen LogP contribution in [0, 0.1) is 12.8 Å². The summed E-state index contributed by atoms with van der Waals surface area (Å²) < 4.78 is 2.20. The molecule has 1 aromatic heterocycles. The fourth-order valence-corrected chi connectivity index (χ4v) is 3.32. The number of carbonyl (C=O) groups excluding carboxylic acids is 1. The van der Waals surface area contributed by atoms with Crippen LogP contribution in [-0.2, 0) is 11.3 Å². The van der Waals surface area contributed by atoms with Crippen LogP contribution in [0.25, 0.3) is 22.4 Å². The molecule has 1 heterocycles. The van der Waals surface area contributed by atoms with E-state index >= 15 is 0 Å². The third kappa shape index (κ3) is 3.79. The molecule has 4 heteroatoms. The molecule has 0 aliphatic heterocycles. The second-order valence-corrected chi connectivity index (χ2v) is 6.75. The lowest BCUT2D eigenvalue weighted by Crippen LogP contribution is -2.32. The Hall–Kier alpha value is -2.62. The minimum atomic E-state index is 0.103. The second-order valence-electron chi connectivity index (χ2n) is 6.75. The van der Waals surface area contributed by atoms with Gasteiger partial charge in [-0.3, -0.25) is 4.79 Å². The predicted octanol–water partition coefficient (Wildman–Crippen LogP) is 4.56. The minimum Gasteiger partial charge on any atom is -0.354 e. The summed E-state index contributed by atoms with van der Waals surface area (Å²) in [4.78, 5) is 17.1. The van der Waals surface area contributed by atoms with Crippen molar-refractivity contribution in [1.82, 2.24) is 14.9 Å². The molecule has 4 nitrogen and oxygen atoms in total. The fourth-order valence-electron chi connectivity index (χ4n) is 3.32. The van der Waals surface area contributed by atoms with E-state index in [1.54, 1.807) is 0 Å². The molecule has 1 N–H and O–H groups in total. The first-order chi connectivity index (χ1) is 12.6. The molecule has 2 aromatic carbocycles. The van der Waals surface area contributed by atoms with Gasteiger partial charge in [-0.05, 0) is 31.9 Å².